The molecule has 0 bridgehead atoms. The van der Waals surface area contributed by atoms with Gasteiger partial charge in [0.25, 0.3) is 0 Å². The predicted molar refractivity (Wildman–Crippen MR) is 71.4 cm³/mol. The summed E-state index contributed by atoms with van der Waals surface area (Å²) in [5, 5.41) is 0. The maximum atomic E-state index is 12.6. The fraction of sp³-hybridized carbons (Fsp3) is 0.250. The molecule has 0 unspecified atom stereocenters. The second-order valence-electron chi connectivity index (χ2n) is 4.89. The number of ether oxygens (including phenoxy) is 1. The van der Waals surface area contributed by atoms with Crippen molar-refractivity contribution < 1.29 is 31.1 Å². The zero-order chi connectivity index (χ0) is 17.1. The molecule has 0 heterocycles. The number of halogens is 6. The molecule has 1 nitrogen and oxygen atoms in total. The molecule has 23 heavy (non-hydrogen) atoms. The van der Waals surface area contributed by atoms with Gasteiger partial charge in [0.1, 0.15) is 0 Å². The number of rotatable bonds is 4. The van der Waals surface area contributed by atoms with Crippen LogP contribution in [0.3, 0.4) is 0 Å². The lowest BCUT2D eigenvalue weighted by atomic mass is 10.1. The van der Waals surface area contributed by atoms with Crippen LogP contribution in [0.25, 0.3) is 0 Å². The zero-order valence-electron chi connectivity index (χ0n) is 11.7. The molecule has 0 radical (unpaired) electrons. The SMILES string of the molecule is FC(F)(F)c1cccc(COCc2cccc(C(F)(F)F)c2)c1. The van der Waals surface area contributed by atoms with Crippen molar-refractivity contribution in [1.82, 2.24) is 0 Å². The van der Waals surface area contributed by atoms with E-state index in [0.717, 1.165) is 24.3 Å². The van der Waals surface area contributed by atoms with Crippen molar-refractivity contribution in [2.75, 3.05) is 0 Å². The summed E-state index contributed by atoms with van der Waals surface area (Å²) in [4.78, 5) is 0. The standard InChI is InChI=1S/C16H12F6O/c17-15(18,19)13-5-1-3-11(7-13)9-23-10-12-4-2-6-14(8-12)16(20,21)22/h1-8H,9-10H2. The summed E-state index contributed by atoms with van der Waals surface area (Å²) < 4.78 is 80.6. The van der Waals surface area contributed by atoms with Crippen LogP contribution in [0, 0.1) is 0 Å². The van der Waals surface area contributed by atoms with E-state index in [4.69, 9.17) is 4.74 Å². The molecule has 2 rings (SSSR count). The molecule has 7 heteroatoms. The molecule has 0 N–H and O–H groups in total. The van der Waals surface area contributed by atoms with Crippen LogP contribution in [0.4, 0.5) is 26.3 Å². The summed E-state index contributed by atoms with van der Waals surface area (Å²) >= 11 is 0. The van der Waals surface area contributed by atoms with Gasteiger partial charge in [-0.15, -0.1) is 0 Å². The second-order valence-corrected chi connectivity index (χ2v) is 4.89. The minimum absolute atomic E-state index is 0.125. The molecule has 124 valence electrons. The first-order chi connectivity index (χ1) is 10.7. The summed E-state index contributed by atoms with van der Waals surface area (Å²) in [7, 11) is 0. The van der Waals surface area contributed by atoms with E-state index in [-0.39, 0.29) is 13.2 Å². The molecule has 0 aliphatic heterocycles. The van der Waals surface area contributed by atoms with Gasteiger partial charge in [0.05, 0.1) is 24.3 Å². The van der Waals surface area contributed by atoms with Gasteiger partial charge in [-0.25, -0.2) is 0 Å². The quantitative estimate of drug-likeness (QED) is 0.677. The molecule has 0 aliphatic carbocycles. The van der Waals surface area contributed by atoms with Crippen LogP contribution in [0.15, 0.2) is 48.5 Å². The van der Waals surface area contributed by atoms with Gasteiger partial charge < -0.3 is 4.74 Å². The molecule has 0 spiro atoms. The second kappa shape index (κ2) is 6.62. The lowest BCUT2D eigenvalue weighted by Gasteiger charge is -2.10. The molecule has 0 saturated carbocycles. The number of hydrogen-bond acceptors (Lipinski definition) is 1. The average Bonchev–Trinajstić information content (AvgIpc) is 2.46. The number of alkyl halides is 6. The fourth-order valence-corrected chi connectivity index (χ4v) is 1.96. The van der Waals surface area contributed by atoms with E-state index in [1.807, 2.05) is 0 Å². The van der Waals surface area contributed by atoms with Crippen molar-refractivity contribution in [1.29, 1.82) is 0 Å². The van der Waals surface area contributed by atoms with Crippen LogP contribution >= 0.6 is 0 Å². The van der Waals surface area contributed by atoms with E-state index in [0.29, 0.717) is 11.1 Å². The highest BCUT2D eigenvalue weighted by Crippen LogP contribution is 2.30. The summed E-state index contributed by atoms with van der Waals surface area (Å²) in [6, 6.07) is 9.21. The minimum atomic E-state index is -4.45. The monoisotopic (exact) mass is 334 g/mol. The van der Waals surface area contributed by atoms with Gasteiger partial charge in [-0.05, 0) is 35.4 Å². The Kier molecular flexibility index (Phi) is 4.99. The van der Waals surface area contributed by atoms with Crippen LogP contribution in [0.2, 0.25) is 0 Å². The van der Waals surface area contributed by atoms with E-state index in [1.54, 1.807) is 0 Å². The normalized spacial score (nSPS) is 12.4. The first-order valence-corrected chi connectivity index (χ1v) is 6.56. The molecule has 0 saturated heterocycles. The van der Waals surface area contributed by atoms with Gasteiger partial charge in [-0.1, -0.05) is 24.3 Å². The van der Waals surface area contributed by atoms with Crippen LogP contribution in [-0.2, 0) is 30.3 Å². The molecular weight excluding hydrogens is 322 g/mol. The topological polar surface area (TPSA) is 9.23 Å². The lowest BCUT2D eigenvalue weighted by Crippen LogP contribution is -2.06. The van der Waals surface area contributed by atoms with Gasteiger partial charge in [0, 0.05) is 0 Å². The summed E-state index contributed by atoms with van der Waals surface area (Å²) in [6.07, 6.45) is -8.89. The van der Waals surface area contributed by atoms with Crippen molar-refractivity contribution in [2.24, 2.45) is 0 Å². The molecule has 2 aromatic carbocycles. The third-order valence-electron chi connectivity index (χ3n) is 3.05. The highest BCUT2D eigenvalue weighted by molar-refractivity contribution is 5.26. The Hall–Kier alpha value is -2.02. The maximum Gasteiger partial charge on any atom is 0.416 e. The first kappa shape index (κ1) is 17.3. The van der Waals surface area contributed by atoms with Crippen LogP contribution < -0.4 is 0 Å². The minimum Gasteiger partial charge on any atom is -0.372 e. The van der Waals surface area contributed by atoms with Gasteiger partial charge in [-0.2, -0.15) is 26.3 Å². The van der Waals surface area contributed by atoms with Gasteiger partial charge >= 0.3 is 12.4 Å². The fourth-order valence-electron chi connectivity index (χ4n) is 1.96. The molecule has 2 aromatic rings. The summed E-state index contributed by atoms with van der Waals surface area (Å²) in [5.74, 6) is 0. The first-order valence-electron chi connectivity index (χ1n) is 6.56. The molecule has 0 aliphatic rings. The molecule has 0 aromatic heterocycles. The average molecular weight is 334 g/mol. The van der Waals surface area contributed by atoms with Crippen LogP contribution in [0.5, 0.6) is 0 Å². The van der Waals surface area contributed by atoms with Crippen molar-refractivity contribution in [3.8, 4) is 0 Å². The lowest BCUT2D eigenvalue weighted by molar-refractivity contribution is -0.138. The number of hydrogen-bond donors (Lipinski definition) is 0. The van der Waals surface area contributed by atoms with Crippen LogP contribution in [-0.4, -0.2) is 0 Å². The van der Waals surface area contributed by atoms with Gasteiger partial charge in [0.15, 0.2) is 0 Å². The maximum absolute atomic E-state index is 12.6. The Morgan fingerprint density at radius 1 is 0.652 bits per heavy atom. The summed E-state index contributed by atoms with van der Waals surface area (Å²) in [6.45, 7) is -0.250. The summed E-state index contributed by atoms with van der Waals surface area (Å²) in [5.41, 5.74) is -0.992. The Labute approximate surface area is 128 Å². The predicted octanol–water partition coefficient (Wildman–Crippen LogP) is 5.44. The molecular formula is C16H12F6O. The smallest absolute Gasteiger partial charge is 0.372 e. The van der Waals surface area contributed by atoms with E-state index in [2.05, 4.69) is 0 Å². The van der Waals surface area contributed by atoms with E-state index in [1.165, 1.54) is 24.3 Å². The highest BCUT2D eigenvalue weighted by atomic mass is 19.4. The Morgan fingerprint density at radius 3 is 1.39 bits per heavy atom. The van der Waals surface area contributed by atoms with Gasteiger partial charge in [0.2, 0.25) is 0 Å². The van der Waals surface area contributed by atoms with Crippen molar-refractivity contribution >= 4 is 0 Å². The van der Waals surface area contributed by atoms with E-state index < -0.39 is 23.5 Å². The Bertz CT molecular complexity index is 603. The van der Waals surface area contributed by atoms with E-state index >= 15 is 0 Å². The Balaban J connectivity index is 1.98. The largest absolute Gasteiger partial charge is 0.416 e. The van der Waals surface area contributed by atoms with E-state index in [9.17, 15) is 26.3 Å². The number of benzene rings is 2. The molecule has 0 atom stereocenters. The highest BCUT2D eigenvalue weighted by Gasteiger charge is 2.31. The van der Waals surface area contributed by atoms with Crippen molar-refractivity contribution in [3.05, 3.63) is 70.8 Å². The van der Waals surface area contributed by atoms with Crippen molar-refractivity contribution in [2.45, 2.75) is 25.6 Å². The van der Waals surface area contributed by atoms with Crippen molar-refractivity contribution in [3.63, 3.8) is 0 Å². The zero-order valence-corrected chi connectivity index (χ0v) is 11.7. The third kappa shape index (κ3) is 4.99. The molecule has 0 amide bonds. The van der Waals surface area contributed by atoms with Crippen LogP contribution in [0.1, 0.15) is 22.3 Å². The molecule has 0 fully saturated rings. The Morgan fingerprint density at radius 2 is 1.04 bits per heavy atom. The van der Waals surface area contributed by atoms with Gasteiger partial charge in [-0.3, -0.25) is 0 Å². The third-order valence-corrected chi connectivity index (χ3v) is 3.05.